The molecule has 126 valence electrons. The summed E-state index contributed by atoms with van der Waals surface area (Å²) in [6.07, 6.45) is 3.04. The van der Waals surface area contributed by atoms with Crippen molar-refractivity contribution >= 4 is 28.2 Å². The van der Waals surface area contributed by atoms with Crippen LogP contribution in [0.2, 0.25) is 0 Å². The average molecular weight is 328 g/mol. The molecule has 0 aliphatic carbocycles. The van der Waals surface area contributed by atoms with Gasteiger partial charge in [0.05, 0.1) is 15.8 Å². The Morgan fingerprint density at radius 1 is 1.29 bits per heavy atom. The summed E-state index contributed by atoms with van der Waals surface area (Å²) in [6.45, 7) is 1.27. The van der Waals surface area contributed by atoms with E-state index in [9.17, 15) is 14.9 Å². The van der Waals surface area contributed by atoms with Crippen molar-refractivity contribution in [2.24, 2.45) is 5.92 Å². The lowest BCUT2D eigenvalue weighted by Gasteiger charge is -2.33. The Labute approximate surface area is 140 Å². The van der Waals surface area contributed by atoms with Crippen LogP contribution in [0.25, 0.3) is 10.9 Å². The number of hydrogen-bond donors (Lipinski definition) is 0. The number of nitro groups is 1. The third kappa shape index (κ3) is 2.89. The molecule has 0 unspecified atom stereocenters. The van der Waals surface area contributed by atoms with Gasteiger partial charge in [-0.2, -0.15) is 0 Å². The molecule has 7 heteroatoms. The van der Waals surface area contributed by atoms with Crippen molar-refractivity contribution in [2.45, 2.75) is 12.8 Å². The van der Waals surface area contributed by atoms with E-state index in [2.05, 4.69) is 4.98 Å². The molecule has 0 radical (unpaired) electrons. The van der Waals surface area contributed by atoms with Gasteiger partial charge in [0.15, 0.2) is 0 Å². The Morgan fingerprint density at radius 2 is 2.00 bits per heavy atom. The molecule has 1 aliphatic heterocycles. The Morgan fingerprint density at radius 3 is 2.62 bits per heavy atom. The van der Waals surface area contributed by atoms with E-state index < -0.39 is 0 Å². The highest BCUT2D eigenvalue weighted by Crippen LogP contribution is 2.37. The Bertz CT molecular complexity index is 782. The van der Waals surface area contributed by atoms with E-state index >= 15 is 0 Å². The van der Waals surface area contributed by atoms with Gasteiger partial charge in [-0.3, -0.25) is 19.9 Å². The Kier molecular flexibility index (Phi) is 4.33. The van der Waals surface area contributed by atoms with E-state index in [1.165, 1.54) is 0 Å². The number of pyridine rings is 1. The number of carbonyl (C=O) groups is 1. The molecule has 1 aliphatic rings. The summed E-state index contributed by atoms with van der Waals surface area (Å²) in [5.41, 5.74) is 1.32. The minimum Gasteiger partial charge on any atom is -0.366 e. The molecule has 1 fully saturated rings. The zero-order chi connectivity index (χ0) is 17.3. The number of aromatic nitrogens is 1. The van der Waals surface area contributed by atoms with Crippen LogP contribution in [0.15, 0.2) is 30.5 Å². The average Bonchev–Trinajstić information content (AvgIpc) is 2.60. The lowest BCUT2D eigenvalue weighted by molar-refractivity contribution is -0.382. The molecule has 24 heavy (non-hydrogen) atoms. The normalized spacial score (nSPS) is 15.5. The third-order valence-corrected chi connectivity index (χ3v) is 4.54. The van der Waals surface area contributed by atoms with Crippen LogP contribution in [0, 0.1) is 16.0 Å². The van der Waals surface area contributed by atoms with Crippen LogP contribution in [-0.4, -0.2) is 47.9 Å². The molecule has 1 aromatic heterocycles. The van der Waals surface area contributed by atoms with Gasteiger partial charge in [-0.05, 0) is 37.1 Å². The number of piperidine rings is 1. The minimum absolute atomic E-state index is 0.00238. The number of carbonyl (C=O) groups excluding carboxylic acids is 1. The van der Waals surface area contributed by atoms with E-state index in [1.54, 1.807) is 43.4 Å². The van der Waals surface area contributed by atoms with Crippen LogP contribution < -0.4 is 4.90 Å². The SMILES string of the molecule is CN(C)C(=O)C1CCN(c2ccc3ncccc3c2[N+](=O)[O-])CC1. The number of fused-ring (bicyclic) bond motifs is 1. The second kappa shape index (κ2) is 6.43. The molecule has 1 amide bonds. The minimum atomic E-state index is -0.337. The summed E-state index contributed by atoms with van der Waals surface area (Å²) >= 11 is 0. The van der Waals surface area contributed by atoms with Crippen LogP contribution in [-0.2, 0) is 4.79 Å². The number of nitro benzene ring substituents is 1. The second-order valence-corrected chi connectivity index (χ2v) is 6.25. The zero-order valence-electron chi connectivity index (χ0n) is 13.8. The first-order valence-corrected chi connectivity index (χ1v) is 7.97. The van der Waals surface area contributed by atoms with Gasteiger partial charge >= 0.3 is 5.69 Å². The second-order valence-electron chi connectivity index (χ2n) is 6.25. The first-order valence-electron chi connectivity index (χ1n) is 7.97. The molecule has 2 heterocycles. The van der Waals surface area contributed by atoms with Crippen molar-refractivity contribution in [3.05, 3.63) is 40.6 Å². The molecule has 0 atom stereocenters. The molecular weight excluding hydrogens is 308 g/mol. The summed E-state index contributed by atoms with van der Waals surface area (Å²) in [4.78, 5) is 31.2. The summed E-state index contributed by atoms with van der Waals surface area (Å²) < 4.78 is 0. The predicted octanol–water partition coefficient (Wildman–Crippen LogP) is 2.45. The fraction of sp³-hybridized carbons (Fsp3) is 0.412. The van der Waals surface area contributed by atoms with Crippen molar-refractivity contribution in [2.75, 3.05) is 32.1 Å². The summed E-state index contributed by atoms with van der Waals surface area (Å²) in [5.74, 6) is 0.129. The maximum atomic E-state index is 12.1. The van der Waals surface area contributed by atoms with Crippen LogP contribution in [0.4, 0.5) is 11.4 Å². The van der Waals surface area contributed by atoms with Crippen molar-refractivity contribution in [1.29, 1.82) is 0 Å². The third-order valence-electron chi connectivity index (χ3n) is 4.54. The maximum absolute atomic E-state index is 12.1. The zero-order valence-corrected chi connectivity index (χ0v) is 13.8. The highest BCUT2D eigenvalue weighted by atomic mass is 16.6. The largest absolute Gasteiger partial charge is 0.366 e. The van der Waals surface area contributed by atoms with E-state index in [4.69, 9.17) is 0 Å². The molecule has 1 aromatic carbocycles. The van der Waals surface area contributed by atoms with Crippen LogP contribution in [0.1, 0.15) is 12.8 Å². The lowest BCUT2D eigenvalue weighted by Crippen LogP contribution is -2.40. The maximum Gasteiger partial charge on any atom is 0.301 e. The van der Waals surface area contributed by atoms with Gasteiger partial charge < -0.3 is 9.80 Å². The summed E-state index contributed by atoms with van der Waals surface area (Å²) in [6, 6.07) is 7.02. The fourth-order valence-corrected chi connectivity index (χ4v) is 3.30. The molecule has 0 N–H and O–H groups in total. The fourth-order valence-electron chi connectivity index (χ4n) is 3.30. The molecule has 0 spiro atoms. The van der Waals surface area contributed by atoms with Gasteiger partial charge in [-0.15, -0.1) is 0 Å². The standard InChI is InChI=1S/C17H20N4O3/c1-19(2)17(22)12-7-10-20(11-8-12)15-6-5-14-13(4-3-9-18-14)16(15)21(23)24/h3-6,9,12H,7-8,10-11H2,1-2H3. The van der Waals surface area contributed by atoms with Crippen molar-refractivity contribution < 1.29 is 9.72 Å². The van der Waals surface area contributed by atoms with Crippen molar-refractivity contribution in [3.63, 3.8) is 0 Å². The number of hydrogen-bond acceptors (Lipinski definition) is 5. The molecule has 0 bridgehead atoms. The molecule has 3 rings (SSSR count). The van der Waals surface area contributed by atoms with E-state index in [0.29, 0.717) is 42.5 Å². The van der Waals surface area contributed by atoms with Crippen molar-refractivity contribution in [1.82, 2.24) is 9.88 Å². The van der Waals surface area contributed by atoms with Crippen molar-refractivity contribution in [3.8, 4) is 0 Å². The van der Waals surface area contributed by atoms with Gasteiger partial charge in [0, 0.05) is 39.3 Å². The van der Waals surface area contributed by atoms with Gasteiger partial charge in [0.25, 0.3) is 0 Å². The quantitative estimate of drug-likeness (QED) is 0.639. The summed E-state index contributed by atoms with van der Waals surface area (Å²) in [5, 5.41) is 12.2. The molecular formula is C17H20N4O3. The highest BCUT2D eigenvalue weighted by molar-refractivity contribution is 5.94. The smallest absolute Gasteiger partial charge is 0.301 e. The summed E-state index contributed by atoms with van der Waals surface area (Å²) in [7, 11) is 3.52. The first kappa shape index (κ1) is 16.2. The van der Waals surface area contributed by atoms with Gasteiger partial charge in [0.2, 0.25) is 5.91 Å². The molecule has 7 nitrogen and oxygen atoms in total. The van der Waals surface area contributed by atoms with Gasteiger partial charge in [-0.1, -0.05) is 0 Å². The van der Waals surface area contributed by atoms with E-state index in [0.717, 1.165) is 0 Å². The highest BCUT2D eigenvalue weighted by Gasteiger charge is 2.30. The van der Waals surface area contributed by atoms with Crippen LogP contribution in [0.3, 0.4) is 0 Å². The number of benzene rings is 1. The number of anilines is 1. The van der Waals surface area contributed by atoms with E-state index in [-0.39, 0.29) is 22.4 Å². The van der Waals surface area contributed by atoms with E-state index in [1.807, 2.05) is 11.0 Å². The number of amides is 1. The topological polar surface area (TPSA) is 79.6 Å². The number of nitrogens with zero attached hydrogens (tertiary/aromatic N) is 4. The van der Waals surface area contributed by atoms with Crippen LogP contribution >= 0.6 is 0 Å². The van der Waals surface area contributed by atoms with Crippen LogP contribution in [0.5, 0.6) is 0 Å². The monoisotopic (exact) mass is 328 g/mol. The lowest BCUT2D eigenvalue weighted by atomic mass is 9.95. The predicted molar refractivity (Wildman–Crippen MR) is 92.0 cm³/mol. The number of rotatable bonds is 3. The molecule has 2 aromatic rings. The van der Waals surface area contributed by atoms with Gasteiger partial charge in [0.1, 0.15) is 5.69 Å². The molecule has 1 saturated heterocycles. The Balaban J connectivity index is 1.90. The first-order chi connectivity index (χ1) is 11.5. The Hall–Kier alpha value is -2.70. The molecule has 0 saturated carbocycles. The van der Waals surface area contributed by atoms with Gasteiger partial charge in [-0.25, -0.2) is 0 Å².